The number of nitrogens with zero attached hydrogens (tertiary/aromatic N) is 1. The molecule has 3 atom stereocenters. The Morgan fingerprint density at radius 1 is 0.706 bits per heavy atom. The zero-order chi connectivity index (χ0) is 22.9. The van der Waals surface area contributed by atoms with Crippen LogP contribution in [0, 0.1) is 11.8 Å². The van der Waals surface area contributed by atoms with Crippen LogP contribution in [-0.4, -0.2) is 0 Å². The molecule has 7 rings (SSSR count). The highest BCUT2D eigenvalue weighted by Gasteiger charge is 2.56. The lowest BCUT2D eigenvalue weighted by atomic mass is 9.67. The van der Waals surface area contributed by atoms with Crippen molar-refractivity contribution in [3.63, 3.8) is 0 Å². The molecule has 3 heteroatoms. The van der Waals surface area contributed by atoms with E-state index < -0.39 is 0 Å². The van der Waals surface area contributed by atoms with Gasteiger partial charge in [-0.2, -0.15) is 0 Å². The first-order valence-electron chi connectivity index (χ1n) is 12.2. The standard InChI is InChI=1S/C31H25Cl2N/c32-28-11-6-12-29(30(28)33)34(22-7-2-1-3-8-22)23-15-16-25-24-9-4-5-10-26(24)31(27(25)18-23)19-20-13-14-21(31)17-20/h1-12,15-16,18,20-21H,13-14,17,19H2/t20-,21+,31+/m0/s1. The number of halogens is 2. The third-order valence-electron chi connectivity index (χ3n) is 8.48. The van der Waals surface area contributed by atoms with Crippen LogP contribution in [0.5, 0.6) is 0 Å². The molecule has 2 fully saturated rings. The predicted octanol–water partition coefficient (Wildman–Crippen LogP) is 9.55. The number of fused-ring (bicyclic) bond motifs is 8. The summed E-state index contributed by atoms with van der Waals surface area (Å²) in [5, 5.41) is 1.14. The molecule has 0 aliphatic heterocycles. The second-order valence-electron chi connectivity index (χ2n) is 10.1. The molecule has 0 radical (unpaired) electrons. The smallest absolute Gasteiger partial charge is 0.0832 e. The summed E-state index contributed by atoms with van der Waals surface area (Å²) in [7, 11) is 0. The van der Waals surface area contributed by atoms with E-state index in [1.807, 2.05) is 18.2 Å². The van der Waals surface area contributed by atoms with Gasteiger partial charge in [0, 0.05) is 16.8 Å². The summed E-state index contributed by atoms with van der Waals surface area (Å²) in [5.41, 5.74) is 9.11. The minimum atomic E-state index is 0.144. The molecule has 0 N–H and O–H groups in total. The van der Waals surface area contributed by atoms with Gasteiger partial charge in [-0.25, -0.2) is 0 Å². The molecular formula is C31H25Cl2N. The van der Waals surface area contributed by atoms with Crippen molar-refractivity contribution >= 4 is 40.3 Å². The van der Waals surface area contributed by atoms with Gasteiger partial charge >= 0.3 is 0 Å². The molecule has 34 heavy (non-hydrogen) atoms. The van der Waals surface area contributed by atoms with E-state index in [2.05, 4.69) is 77.7 Å². The highest BCUT2D eigenvalue weighted by molar-refractivity contribution is 6.43. The third kappa shape index (κ3) is 2.81. The molecule has 3 aliphatic rings. The van der Waals surface area contributed by atoms with E-state index in [0.717, 1.165) is 28.9 Å². The summed E-state index contributed by atoms with van der Waals surface area (Å²) >= 11 is 13.2. The Morgan fingerprint density at radius 2 is 1.50 bits per heavy atom. The number of rotatable bonds is 3. The Hall–Kier alpha value is -2.74. The van der Waals surface area contributed by atoms with Crippen molar-refractivity contribution in [2.75, 3.05) is 4.90 Å². The van der Waals surface area contributed by atoms with E-state index in [0.29, 0.717) is 10.0 Å². The van der Waals surface area contributed by atoms with E-state index in [4.69, 9.17) is 23.2 Å². The van der Waals surface area contributed by atoms with Gasteiger partial charge in [0.15, 0.2) is 0 Å². The zero-order valence-electron chi connectivity index (χ0n) is 18.8. The van der Waals surface area contributed by atoms with Crippen LogP contribution >= 0.6 is 23.2 Å². The van der Waals surface area contributed by atoms with Crippen molar-refractivity contribution in [3.8, 4) is 11.1 Å². The third-order valence-corrected chi connectivity index (χ3v) is 9.28. The van der Waals surface area contributed by atoms with Gasteiger partial charge in [0.1, 0.15) is 0 Å². The van der Waals surface area contributed by atoms with Gasteiger partial charge in [-0.15, -0.1) is 0 Å². The molecule has 0 aromatic heterocycles. The lowest BCUT2D eigenvalue weighted by Gasteiger charge is -2.37. The molecule has 1 nitrogen and oxygen atoms in total. The molecule has 2 saturated carbocycles. The van der Waals surface area contributed by atoms with Gasteiger partial charge < -0.3 is 4.90 Å². The van der Waals surface area contributed by atoms with Gasteiger partial charge in [0.05, 0.1) is 15.7 Å². The van der Waals surface area contributed by atoms with Crippen molar-refractivity contribution in [1.29, 1.82) is 0 Å². The Bertz CT molecular complexity index is 1410. The maximum atomic E-state index is 6.78. The molecule has 2 bridgehead atoms. The molecule has 0 heterocycles. The summed E-state index contributed by atoms with van der Waals surface area (Å²) in [6.45, 7) is 0. The van der Waals surface area contributed by atoms with E-state index in [1.165, 1.54) is 42.4 Å². The van der Waals surface area contributed by atoms with Gasteiger partial charge in [-0.3, -0.25) is 0 Å². The van der Waals surface area contributed by atoms with Crippen LogP contribution in [0.2, 0.25) is 10.0 Å². The Kier molecular flexibility index (Phi) is 4.63. The van der Waals surface area contributed by atoms with E-state index >= 15 is 0 Å². The highest BCUT2D eigenvalue weighted by atomic mass is 35.5. The minimum absolute atomic E-state index is 0.144. The van der Waals surface area contributed by atoms with Crippen molar-refractivity contribution in [1.82, 2.24) is 0 Å². The molecule has 3 aliphatic carbocycles. The van der Waals surface area contributed by atoms with Crippen LogP contribution in [0.25, 0.3) is 11.1 Å². The monoisotopic (exact) mass is 481 g/mol. The van der Waals surface area contributed by atoms with Gasteiger partial charge in [0.2, 0.25) is 0 Å². The summed E-state index contributed by atoms with van der Waals surface area (Å²) in [6, 6.07) is 32.5. The van der Waals surface area contributed by atoms with Crippen LogP contribution in [0.3, 0.4) is 0 Å². The fourth-order valence-electron chi connectivity index (χ4n) is 7.19. The first-order valence-corrected chi connectivity index (χ1v) is 13.0. The zero-order valence-corrected chi connectivity index (χ0v) is 20.4. The van der Waals surface area contributed by atoms with Crippen LogP contribution in [0.1, 0.15) is 36.8 Å². The maximum Gasteiger partial charge on any atom is 0.0832 e. The Balaban J connectivity index is 1.46. The lowest BCUT2D eigenvalue weighted by molar-refractivity contribution is 0.327. The second-order valence-corrected chi connectivity index (χ2v) is 10.9. The van der Waals surface area contributed by atoms with Crippen molar-refractivity contribution in [2.45, 2.75) is 31.1 Å². The predicted molar refractivity (Wildman–Crippen MR) is 143 cm³/mol. The van der Waals surface area contributed by atoms with Crippen LogP contribution in [0.15, 0.2) is 91.0 Å². The second kappa shape index (κ2) is 7.63. The van der Waals surface area contributed by atoms with Crippen LogP contribution in [0.4, 0.5) is 17.1 Å². The van der Waals surface area contributed by atoms with Crippen molar-refractivity contribution in [3.05, 3.63) is 112 Å². The van der Waals surface area contributed by atoms with Gasteiger partial charge in [0.25, 0.3) is 0 Å². The largest absolute Gasteiger partial charge is 0.309 e. The first kappa shape index (κ1) is 20.6. The summed E-state index contributed by atoms with van der Waals surface area (Å²) in [6.07, 6.45) is 5.36. The number of hydrogen-bond acceptors (Lipinski definition) is 1. The topological polar surface area (TPSA) is 3.24 Å². The summed E-state index contributed by atoms with van der Waals surface area (Å²) in [5.74, 6) is 1.58. The molecule has 4 aromatic rings. The van der Waals surface area contributed by atoms with Crippen molar-refractivity contribution in [2.24, 2.45) is 11.8 Å². The van der Waals surface area contributed by atoms with Crippen LogP contribution < -0.4 is 4.90 Å². The average molecular weight is 482 g/mol. The Labute approximate surface area is 211 Å². The molecule has 1 spiro atoms. The first-order chi connectivity index (χ1) is 16.7. The fourth-order valence-corrected chi connectivity index (χ4v) is 7.57. The van der Waals surface area contributed by atoms with Crippen LogP contribution in [-0.2, 0) is 5.41 Å². The molecular weight excluding hydrogens is 457 g/mol. The minimum Gasteiger partial charge on any atom is -0.309 e. The molecule has 0 saturated heterocycles. The molecule has 0 amide bonds. The maximum absolute atomic E-state index is 6.78. The van der Waals surface area contributed by atoms with Gasteiger partial charge in [-0.1, -0.05) is 84.2 Å². The Morgan fingerprint density at radius 3 is 2.29 bits per heavy atom. The summed E-state index contributed by atoms with van der Waals surface area (Å²) < 4.78 is 0. The van der Waals surface area contributed by atoms with Gasteiger partial charge in [-0.05, 0) is 89.8 Å². The molecule has 4 aromatic carbocycles. The average Bonchev–Trinajstić information content (AvgIpc) is 3.56. The number of para-hydroxylation sites is 1. The highest BCUT2D eigenvalue weighted by Crippen LogP contribution is 2.66. The summed E-state index contributed by atoms with van der Waals surface area (Å²) in [4.78, 5) is 2.25. The SMILES string of the molecule is Clc1cccc(N(c2ccccc2)c2ccc3c(c2)[C@@]2(C[C@H]4CC[C@@H]2C4)c2ccccc2-3)c1Cl. The number of anilines is 3. The molecule has 168 valence electrons. The quantitative estimate of drug-likeness (QED) is 0.281. The number of benzene rings is 4. The molecule has 0 unspecified atom stereocenters. The van der Waals surface area contributed by atoms with E-state index in [1.54, 1.807) is 5.56 Å². The van der Waals surface area contributed by atoms with E-state index in [9.17, 15) is 0 Å². The van der Waals surface area contributed by atoms with E-state index in [-0.39, 0.29) is 5.41 Å². The lowest BCUT2D eigenvalue weighted by Crippen LogP contribution is -2.32. The van der Waals surface area contributed by atoms with Crippen molar-refractivity contribution < 1.29 is 0 Å². The fraction of sp³-hybridized carbons (Fsp3) is 0.226. The number of hydrogen-bond donors (Lipinski definition) is 0. The normalized spacial score (nSPS) is 23.8.